The molecule has 1 saturated heterocycles. The number of nitrogens with zero attached hydrogens (tertiary/aromatic N) is 1. The van der Waals surface area contributed by atoms with Crippen molar-refractivity contribution in [2.24, 2.45) is 0 Å². The third-order valence-electron chi connectivity index (χ3n) is 4.16. The number of hydrogen-bond acceptors (Lipinski definition) is 3. The van der Waals surface area contributed by atoms with E-state index in [0.717, 1.165) is 25.1 Å². The highest BCUT2D eigenvalue weighted by atomic mass is 35.5. The first-order valence-corrected chi connectivity index (χ1v) is 8.21. The van der Waals surface area contributed by atoms with Gasteiger partial charge in [0.25, 0.3) is 0 Å². The quantitative estimate of drug-likeness (QED) is 0.768. The van der Waals surface area contributed by atoms with Crippen LogP contribution in [0.15, 0.2) is 18.2 Å². The molecule has 3 N–H and O–H groups in total. The number of likely N-dealkylation sites (N-methyl/N-ethyl adjacent to an activating group) is 1. The van der Waals surface area contributed by atoms with Crippen LogP contribution in [-0.4, -0.2) is 47.8 Å². The zero-order valence-corrected chi connectivity index (χ0v) is 14.1. The molecule has 0 bridgehead atoms. The summed E-state index contributed by atoms with van der Waals surface area (Å²) in [6, 6.07) is 3.92. The Morgan fingerprint density at radius 3 is 2.91 bits per heavy atom. The highest BCUT2D eigenvalue weighted by Crippen LogP contribution is 2.33. The van der Waals surface area contributed by atoms with Crippen molar-refractivity contribution in [3.63, 3.8) is 0 Å². The molecule has 1 aromatic rings. The van der Waals surface area contributed by atoms with Gasteiger partial charge in [-0.25, -0.2) is 9.18 Å². The number of carbonyl (C=O) groups is 1. The van der Waals surface area contributed by atoms with Crippen molar-refractivity contribution in [3.05, 3.63) is 34.6 Å². The second-order valence-corrected chi connectivity index (χ2v) is 6.25. The van der Waals surface area contributed by atoms with E-state index < -0.39 is 5.82 Å². The maximum absolute atomic E-state index is 13.8. The lowest BCUT2D eigenvalue weighted by Crippen LogP contribution is -2.48. The average Bonchev–Trinajstić information content (AvgIpc) is 2.92. The Hall–Kier alpha value is -1.37. The topological polar surface area (TPSA) is 64.6 Å². The lowest BCUT2D eigenvalue weighted by atomic mass is 10.00. The molecule has 1 heterocycles. The first-order valence-electron chi connectivity index (χ1n) is 7.83. The Bertz CT molecular complexity index is 558. The van der Waals surface area contributed by atoms with E-state index in [-0.39, 0.29) is 35.8 Å². The Morgan fingerprint density at radius 1 is 1.57 bits per heavy atom. The molecule has 2 amide bonds. The van der Waals surface area contributed by atoms with Crippen LogP contribution in [0.1, 0.15) is 31.9 Å². The molecular formula is C16H23ClFN3O2. The first-order chi connectivity index (χ1) is 11.0. The van der Waals surface area contributed by atoms with Crippen molar-refractivity contribution >= 4 is 17.6 Å². The predicted molar refractivity (Wildman–Crippen MR) is 88.0 cm³/mol. The van der Waals surface area contributed by atoms with Crippen LogP contribution in [0.3, 0.4) is 0 Å². The van der Waals surface area contributed by atoms with Crippen molar-refractivity contribution < 1.29 is 14.3 Å². The molecule has 2 rings (SSSR count). The van der Waals surface area contributed by atoms with Crippen LogP contribution in [0.5, 0.6) is 0 Å². The summed E-state index contributed by atoms with van der Waals surface area (Å²) in [6.45, 7) is 5.27. The smallest absolute Gasteiger partial charge is 0.315 e. The summed E-state index contributed by atoms with van der Waals surface area (Å²) in [4.78, 5) is 14.2. The summed E-state index contributed by atoms with van der Waals surface area (Å²) in [5, 5.41) is 14.7. The van der Waals surface area contributed by atoms with Gasteiger partial charge >= 0.3 is 6.03 Å². The van der Waals surface area contributed by atoms with Crippen LogP contribution in [-0.2, 0) is 0 Å². The van der Waals surface area contributed by atoms with Crippen LogP contribution in [0.25, 0.3) is 0 Å². The summed E-state index contributed by atoms with van der Waals surface area (Å²) in [6.07, 6.45) is 0.781. The number of carbonyl (C=O) groups excluding carboxylic acids is 1. The van der Waals surface area contributed by atoms with Gasteiger partial charge in [0, 0.05) is 6.54 Å². The van der Waals surface area contributed by atoms with E-state index in [0.29, 0.717) is 0 Å². The van der Waals surface area contributed by atoms with Gasteiger partial charge in [0.1, 0.15) is 5.82 Å². The van der Waals surface area contributed by atoms with Crippen molar-refractivity contribution in [1.82, 2.24) is 15.5 Å². The van der Waals surface area contributed by atoms with Gasteiger partial charge in [-0.1, -0.05) is 24.6 Å². The minimum Gasteiger partial charge on any atom is -0.394 e. The minimum atomic E-state index is -0.454. The summed E-state index contributed by atoms with van der Waals surface area (Å²) >= 11 is 5.76. The molecule has 3 unspecified atom stereocenters. The summed E-state index contributed by atoms with van der Waals surface area (Å²) in [5.74, 6) is -0.454. The normalized spacial score (nSPS) is 22.8. The van der Waals surface area contributed by atoms with Gasteiger partial charge in [0.2, 0.25) is 0 Å². The number of nitrogens with one attached hydrogen (secondary N) is 2. The van der Waals surface area contributed by atoms with Gasteiger partial charge in [0.15, 0.2) is 0 Å². The Balaban J connectivity index is 2.15. The molecule has 1 aliphatic rings. The highest BCUT2D eigenvalue weighted by Gasteiger charge is 2.35. The van der Waals surface area contributed by atoms with Crippen LogP contribution in [0, 0.1) is 5.82 Å². The Kier molecular flexibility index (Phi) is 6.21. The molecule has 1 aromatic carbocycles. The standard InChI is InChI=1S/C16H23ClFN3O2/c1-3-21-7-6-14(20-16(23)19-10(2)9-22)15(21)11-4-5-12(17)13(18)8-11/h4-5,8,10,14-15,22H,3,6-7,9H2,1-2H3,(H2,19,20,23). The Labute approximate surface area is 140 Å². The number of hydrogen-bond donors (Lipinski definition) is 3. The molecule has 0 aromatic heterocycles. The number of aliphatic hydroxyl groups excluding tert-OH is 1. The fourth-order valence-electron chi connectivity index (χ4n) is 2.98. The van der Waals surface area contributed by atoms with Crippen LogP contribution < -0.4 is 10.6 Å². The van der Waals surface area contributed by atoms with Crippen LogP contribution >= 0.6 is 11.6 Å². The van der Waals surface area contributed by atoms with E-state index in [1.54, 1.807) is 19.1 Å². The van der Waals surface area contributed by atoms with Crippen molar-refractivity contribution in [1.29, 1.82) is 0 Å². The Morgan fingerprint density at radius 2 is 2.30 bits per heavy atom. The van der Waals surface area contributed by atoms with E-state index in [4.69, 9.17) is 16.7 Å². The third-order valence-corrected chi connectivity index (χ3v) is 4.47. The maximum atomic E-state index is 13.8. The van der Waals surface area contributed by atoms with Crippen molar-refractivity contribution in [2.45, 2.75) is 38.4 Å². The zero-order valence-electron chi connectivity index (χ0n) is 13.4. The summed E-state index contributed by atoms with van der Waals surface area (Å²) in [7, 11) is 0. The fourth-order valence-corrected chi connectivity index (χ4v) is 3.10. The molecule has 7 heteroatoms. The molecule has 5 nitrogen and oxygen atoms in total. The number of halogens is 2. The molecule has 23 heavy (non-hydrogen) atoms. The molecule has 1 aliphatic heterocycles. The molecule has 128 valence electrons. The predicted octanol–water partition coefficient (Wildman–Crippen LogP) is 2.29. The molecular weight excluding hydrogens is 321 g/mol. The summed E-state index contributed by atoms with van der Waals surface area (Å²) in [5.41, 5.74) is 0.798. The maximum Gasteiger partial charge on any atom is 0.315 e. The van der Waals surface area contributed by atoms with E-state index in [9.17, 15) is 9.18 Å². The molecule has 1 fully saturated rings. The number of amides is 2. The first kappa shape index (κ1) is 18.0. The van der Waals surface area contributed by atoms with Gasteiger partial charge in [-0.15, -0.1) is 0 Å². The number of benzene rings is 1. The van der Waals surface area contributed by atoms with E-state index in [1.807, 2.05) is 6.92 Å². The SMILES string of the molecule is CCN1CCC(NC(=O)NC(C)CO)C1c1ccc(Cl)c(F)c1. The molecule has 0 radical (unpaired) electrons. The summed E-state index contributed by atoms with van der Waals surface area (Å²) < 4.78 is 13.8. The van der Waals surface area contributed by atoms with E-state index in [2.05, 4.69) is 15.5 Å². The van der Waals surface area contributed by atoms with Crippen LogP contribution in [0.2, 0.25) is 5.02 Å². The molecule has 0 saturated carbocycles. The molecule has 0 spiro atoms. The average molecular weight is 344 g/mol. The fraction of sp³-hybridized carbons (Fsp3) is 0.562. The largest absolute Gasteiger partial charge is 0.394 e. The zero-order chi connectivity index (χ0) is 17.0. The van der Waals surface area contributed by atoms with Crippen molar-refractivity contribution in [3.8, 4) is 0 Å². The van der Waals surface area contributed by atoms with E-state index in [1.165, 1.54) is 6.07 Å². The van der Waals surface area contributed by atoms with Crippen molar-refractivity contribution in [2.75, 3.05) is 19.7 Å². The highest BCUT2D eigenvalue weighted by molar-refractivity contribution is 6.30. The number of aliphatic hydroxyl groups is 1. The second-order valence-electron chi connectivity index (χ2n) is 5.84. The monoisotopic (exact) mass is 343 g/mol. The number of urea groups is 1. The number of likely N-dealkylation sites (tertiary alicyclic amines) is 1. The minimum absolute atomic E-state index is 0.0915. The third kappa shape index (κ3) is 4.34. The second kappa shape index (κ2) is 7.95. The van der Waals surface area contributed by atoms with Gasteiger partial charge in [-0.3, -0.25) is 4.90 Å². The van der Waals surface area contributed by atoms with Gasteiger partial charge in [-0.05, 0) is 37.6 Å². The molecule has 0 aliphatic carbocycles. The van der Waals surface area contributed by atoms with Gasteiger partial charge < -0.3 is 15.7 Å². The number of rotatable bonds is 5. The van der Waals surface area contributed by atoms with Gasteiger partial charge in [0.05, 0.1) is 29.8 Å². The lowest BCUT2D eigenvalue weighted by molar-refractivity contribution is 0.209. The molecule has 3 atom stereocenters. The van der Waals surface area contributed by atoms with Gasteiger partial charge in [-0.2, -0.15) is 0 Å². The van der Waals surface area contributed by atoms with Crippen LogP contribution in [0.4, 0.5) is 9.18 Å². The lowest BCUT2D eigenvalue weighted by Gasteiger charge is -2.28. The van der Waals surface area contributed by atoms with E-state index >= 15 is 0 Å².